The van der Waals surface area contributed by atoms with E-state index >= 15 is 0 Å². The van der Waals surface area contributed by atoms with Gasteiger partial charge in [-0.3, -0.25) is 4.79 Å². The van der Waals surface area contributed by atoms with Crippen molar-refractivity contribution in [1.82, 2.24) is 0 Å². The molecule has 0 aliphatic carbocycles. The molecule has 0 bridgehead atoms. The van der Waals surface area contributed by atoms with Gasteiger partial charge in [0.05, 0.1) is 0 Å². The highest BCUT2D eigenvalue weighted by Gasteiger charge is 2.14. The maximum Gasteiger partial charge on any atom is 0.220 e. The minimum Gasteiger partial charge on any atom is -0.369 e. The van der Waals surface area contributed by atoms with Crippen LogP contribution in [0, 0.1) is 11.8 Å². The fraction of sp³-hybridized carbons (Fsp3) is 0.909. The average Bonchev–Trinajstić information content (AvgIpc) is 2.03. The Morgan fingerprint density at radius 3 is 2.23 bits per heavy atom. The molecule has 0 aromatic rings. The molecule has 0 saturated carbocycles. The van der Waals surface area contributed by atoms with Gasteiger partial charge < -0.3 is 5.73 Å². The summed E-state index contributed by atoms with van der Waals surface area (Å²) < 4.78 is 0. The molecule has 0 spiro atoms. The number of hydrogen-bond donors (Lipinski definition) is 1. The zero-order valence-electron chi connectivity index (χ0n) is 9.18. The molecule has 0 saturated heterocycles. The van der Waals surface area contributed by atoms with Crippen molar-refractivity contribution < 1.29 is 4.79 Å². The van der Waals surface area contributed by atoms with Crippen molar-refractivity contribution in [3.8, 4) is 0 Å². The molecule has 78 valence electrons. The molecule has 0 aromatic heterocycles. The number of carbonyl (C=O) groups is 1. The van der Waals surface area contributed by atoms with Crippen LogP contribution < -0.4 is 5.73 Å². The van der Waals surface area contributed by atoms with E-state index in [9.17, 15) is 4.79 Å². The smallest absolute Gasteiger partial charge is 0.220 e. The predicted octanol–water partition coefficient (Wildman–Crippen LogP) is 2.71. The average molecular weight is 185 g/mol. The van der Waals surface area contributed by atoms with Crippen LogP contribution in [0.4, 0.5) is 0 Å². The van der Waals surface area contributed by atoms with Crippen molar-refractivity contribution in [3.05, 3.63) is 0 Å². The van der Waals surface area contributed by atoms with Gasteiger partial charge in [-0.05, 0) is 18.8 Å². The van der Waals surface area contributed by atoms with Gasteiger partial charge in [0.15, 0.2) is 0 Å². The standard InChI is InChI=1S/C11H23NO/c1-4-5-6-10(11(12)13)8-7-9(2)3/h9-10H,4-8H2,1-3H3,(H2,12,13). The molecule has 0 heterocycles. The fourth-order valence-electron chi connectivity index (χ4n) is 1.41. The Morgan fingerprint density at radius 2 is 1.85 bits per heavy atom. The Bertz CT molecular complexity index is 143. The number of carbonyl (C=O) groups excluding carboxylic acids is 1. The maximum atomic E-state index is 11.0. The highest BCUT2D eigenvalue weighted by atomic mass is 16.1. The summed E-state index contributed by atoms with van der Waals surface area (Å²) in [5.74, 6) is 0.667. The van der Waals surface area contributed by atoms with E-state index < -0.39 is 0 Å². The summed E-state index contributed by atoms with van der Waals surface area (Å²) >= 11 is 0. The topological polar surface area (TPSA) is 43.1 Å². The lowest BCUT2D eigenvalue weighted by atomic mass is 9.93. The van der Waals surface area contributed by atoms with Crippen LogP contribution in [-0.2, 0) is 4.79 Å². The summed E-state index contributed by atoms with van der Waals surface area (Å²) in [7, 11) is 0. The Balaban J connectivity index is 3.74. The van der Waals surface area contributed by atoms with Crippen LogP contribution in [0.5, 0.6) is 0 Å². The molecular weight excluding hydrogens is 162 g/mol. The zero-order valence-corrected chi connectivity index (χ0v) is 9.18. The summed E-state index contributed by atoms with van der Waals surface area (Å²) in [6.45, 7) is 6.50. The molecule has 0 aliphatic heterocycles. The van der Waals surface area contributed by atoms with E-state index in [-0.39, 0.29) is 11.8 Å². The van der Waals surface area contributed by atoms with Crippen molar-refractivity contribution in [2.75, 3.05) is 0 Å². The Labute approximate surface area is 81.9 Å². The van der Waals surface area contributed by atoms with Crippen LogP contribution in [0.2, 0.25) is 0 Å². The minimum atomic E-state index is -0.117. The van der Waals surface area contributed by atoms with E-state index in [1.807, 2.05) is 0 Å². The second-order valence-electron chi connectivity index (χ2n) is 4.21. The molecule has 0 fully saturated rings. The van der Waals surface area contributed by atoms with E-state index in [2.05, 4.69) is 20.8 Å². The quantitative estimate of drug-likeness (QED) is 0.651. The van der Waals surface area contributed by atoms with E-state index in [1.54, 1.807) is 0 Å². The van der Waals surface area contributed by atoms with E-state index in [4.69, 9.17) is 5.73 Å². The lowest BCUT2D eigenvalue weighted by Gasteiger charge is -2.13. The van der Waals surface area contributed by atoms with Crippen molar-refractivity contribution in [3.63, 3.8) is 0 Å². The highest BCUT2D eigenvalue weighted by molar-refractivity contribution is 5.76. The molecule has 1 amide bonds. The number of amides is 1. The number of primary amides is 1. The van der Waals surface area contributed by atoms with Crippen LogP contribution in [-0.4, -0.2) is 5.91 Å². The van der Waals surface area contributed by atoms with Gasteiger partial charge in [-0.1, -0.05) is 40.0 Å². The van der Waals surface area contributed by atoms with E-state index in [1.165, 1.54) is 0 Å². The van der Waals surface area contributed by atoms with Crippen LogP contribution in [0.25, 0.3) is 0 Å². The van der Waals surface area contributed by atoms with Crippen LogP contribution in [0.3, 0.4) is 0 Å². The second kappa shape index (κ2) is 6.93. The zero-order chi connectivity index (χ0) is 10.3. The summed E-state index contributed by atoms with van der Waals surface area (Å²) in [5.41, 5.74) is 5.32. The van der Waals surface area contributed by atoms with Gasteiger partial charge in [-0.15, -0.1) is 0 Å². The Kier molecular flexibility index (Phi) is 6.65. The van der Waals surface area contributed by atoms with Crippen LogP contribution in [0.15, 0.2) is 0 Å². The molecule has 1 atom stereocenters. The van der Waals surface area contributed by atoms with Gasteiger partial charge in [0, 0.05) is 5.92 Å². The van der Waals surface area contributed by atoms with Crippen molar-refractivity contribution in [2.24, 2.45) is 17.6 Å². The first-order valence-electron chi connectivity index (χ1n) is 5.37. The first-order valence-corrected chi connectivity index (χ1v) is 5.37. The van der Waals surface area contributed by atoms with Crippen LogP contribution >= 0.6 is 0 Å². The summed E-state index contributed by atoms with van der Waals surface area (Å²) in [4.78, 5) is 11.0. The fourth-order valence-corrected chi connectivity index (χ4v) is 1.41. The lowest BCUT2D eigenvalue weighted by molar-refractivity contribution is -0.122. The second-order valence-corrected chi connectivity index (χ2v) is 4.21. The van der Waals surface area contributed by atoms with E-state index in [0.717, 1.165) is 32.1 Å². The molecule has 0 radical (unpaired) electrons. The number of hydrogen-bond acceptors (Lipinski definition) is 1. The highest BCUT2D eigenvalue weighted by Crippen LogP contribution is 2.17. The summed E-state index contributed by atoms with van der Waals surface area (Å²) in [6.07, 6.45) is 5.31. The largest absolute Gasteiger partial charge is 0.369 e. The first-order chi connectivity index (χ1) is 6.07. The molecule has 2 N–H and O–H groups in total. The van der Waals surface area contributed by atoms with Gasteiger partial charge in [0.1, 0.15) is 0 Å². The van der Waals surface area contributed by atoms with Crippen molar-refractivity contribution in [2.45, 2.75) is 52.9 Å². The van der Waals surface area contributed by atoms with Gasteiger partial charge >= 0.3 is 0 Å². The number of nitrogens with two attached hydrogens (primary N) is 1. The first kappa shape index (κ1) is 12.5. The normalized spacial score (nSPS) is 13.2. The number of rotatable bonds is 7. The molecule has 13 heavy (non-hydrogen) atoms. The lowest BCUT2D eigenvalue weighted by Crippen LogP contribution is -2.23. The third-order valence-electron chi connectivity index (χ3n) is 2.40. The Morgan fingerprint density at radius 1 is 1.23 bits per heavy atom. The molecule has 2 heteroatoms. The molecule has 2 nitrogen and oxygen atoms in total. The molecule has 0 aromatic carbocycles. The van der Waals surface area contributed by atoms with Gasteiger partial charge in [-0.2, -0.15) is 0 Å². The molecule has 0 rings (SSSR count). The summed E-state index contributed by atoms with van der Waals surface area (Å²) in [6, 6.07) is 0. The monoisotopic (exact) mass is 185 g/mol. The minimum absolute atomic E-state index is 0.113. The van der Waals surface area contributed by atoms with Crippen molar-refractivity contribution in [1.29, 1.82) is 0 Å². The SMILES string of the molecule is CCCCC(CCC(C)C)C(N)=O. The third kappa shape index (κ3) is 6.62. The Hall–Kier alpha value is -0.530. The predicted molar refractivity (Wildman–Crippen MR) is 56.3 cm³/mol. The van der Waals surface area contributed by atoms with Gasteiger partial charge in [0.2, 0.25) is 5.91 Å². The van der Waals surface area contributed by atoms with Crippen LogP contribution in [0.1, 0.15) is 52.9 Å². The molecule has 0 aliphatic rings. The maximum absolute atomic E-state index is 11.0. The van der Waals surface area contributed by atoms with E-state index in [0.29, 0.717) is 5.92 Å². The molecular formula is C11H23NO. The van der Waals surface area contributed by atoms with Gasteiger partial charge in [-0.25, -0.2) is 0 Å². The van der Waals surface area contributed by atoms with Gasteiger partial charge in [0.25, 0.3) is 0 Å². The van der Waals surface area contributed by atoms with Crippen molar-refractivity contribution >= 4 is 5.91 Å². The number of unbranched alkanes of at least 4 members (excludes halogenated alkanes) is 1. The molecule has 1 unspecified atom stereocenters. The third-order valence-corrected chi connectivity index (χ3v) is 2.40. The summed E-state index contributed by atoms with van der Waals surface area (Å²) in [5, 5.41) is 0.